The van der Waals surface area contributed by atoms with Crippen molar-refractivity contribution in [1.82, 2.24) is 4.90 Å². The maximum Gasteiger partial charge on any atom is 0.0470 e. The monoisotopic (exact) mass is 288 g/mol. The fraction of sp³-hybridized carbons (Fsp3) is 0.412. The van der Waals surface area contributed by atoms with Gasteiger partial charge in [0.1, 0.15) is 0 Å². The fourth-order valence-electron chi connectivity index (χ4n) is 2.58. The van der Waals surface area contributed by atoms with E-state index in [0.717, 1.165) is 13.0 Å². The molecule has 2 aromatic rings. The molecule has 0 radical (unpaired) electrons. The zero-order valence-electron chi connectivity index (χ0n) is 12.6. The molecule has 3 heteroatoms. The van der Waals surface area contributed by atoms with E-state index in [1.165, 1.54) is 21.6 Å². The number of nitrogens with two attached hydrogens (primary N) is 1. The molecule has 1 atom stereocenters. The summed E-state index contributed by atoms with van der Waals surface area (Å²) in [5, 5.41) is 2.14. The number of hydrogen-bond donors (Lipinski definition) is 1. The van der Waals surface area contributed by atoms with Gasteiger partial charge < -0.3 is 5.73 Å². The molecule has 108 valence electrons. The second kappa shape index (κ2) is 7.02. The lowest BCUT2D eigenvalue weighted by Gasteiger charge is -2.29. The van der Waals surface area contributed by atoms with Crippen LogP contribution in [0.25, 0.3) is 0 Å². The highest BCUT2D eigenvalue weighted by molar-refractivity contribution is 7.09. The first-order chi connectivity index (χ1) is 9.63. The molecule has 0 aliphatic rings. The van der Waals surface area contributed by atoms with Crippen LogP contribution in [-0.4, -0.2) is 25.0 Å². The highest BCUT2D eigenvalue weighted by atomic mass is 32.1. The maximum atomic E-state index is 6.03. The minimum Gasteiger partial charge on any atom is -0.329 e. The second-order valence-electron chi connectivity index (χ2n) is 5.35. The van der Waals surface area contributed by atoms with Crippen molar-refractivity contribution < 1.29 is 0 Å². The molecule has 1 aromatic heterocycles. The summed E-state index contributed by atoms with van der Waals surface area (Å²) < 4.78 is 0. The van der Waals surface area contributed by atoms with Gasteiger partial charge >= 0.3 is 0 Å². The molecule has 0 saturated heterocycles. The van der Waals surface area contributed by atoms with Crippen molar-refractivity contribution in [1.29, 1.82) is 0 Å². The molecule has 1 unspecified atom stereocenters. The Bertz CT molecular complexity index is 534. The van der Waals surface area contributed by atoms with Crippen molar-refractivity contribution in [3.05, 3.63) is 57.3 Å². The predicted molar refractivity (Wildman–Crippen MR) is 88.4 cm³/mol. The average Bonchev–Trinajstić information content (AvgIpc) is 2.95. The zero-order chi connectivity index (χ0) is 14.5. The van der Waals surface area contributed by atoms with Crippen LogP contribution in [0.4, 0.5) is 0 Å². The summed E-state index contributed by atoms with van der Waals surface area (Å²) in [7, 11) is 2.17. The minimum absolute atomic E-state index is 0.301. The lowest BCUT2D eigenvalue weighted by Crippen LogP contribution is -2.32. The molecule has 0 fully saturated rings. The summed E-state index contributed by atoms with van der Waals surface area (Å²) in [6.45, 7) is 6.06. The van der Waals surface area contributed by atoms with Gasteiger partial charge in [-0.15, -0.1) is 11.3 Å². The van der Waals surface area contributed by atoms with Gasteiger partial charge in [-0.05, 0) is 55.5 Å². The average molecular weight is 288 g/mol. The Kier molecular flexibility index (Phi) is 5.35. The zero-order valence-corrected chi connectivity index (χ0v) is 13.4. The Morgan fingerprint density at radius 2 is 2.00 bits per heavy atom. The standard InChI is InChI=1S/C17H24N2S/c1-13-6-4-8-16(14(13)2)17(12-18)19(3)10-9-15-7-5-11-20-15/h4-8,11,17H,9-10,12,18H2,1-3H3. The Labute approximate surface area is 126 Å². The molecule has 2 nitrogen and oxygen atoms in total. The number of aryl methyl sites for hydroxylation is 1. The van der Waals surface area contributed by atoms with Crippen LogP contribution in [0.1, 0.15) is 27.6 Å². The quantitative estimate of drug-likeness (QED) is 0.881. The molecule has 0 spiro atoms. The summed E-state index contributed by atoms with van der Waals surface area (Å²) in [6, 6.07) is 11.1. The van der Waals surface area contributed by atoms with E-state index in [2.05, 4.69) is 61.5 Å². The summed E-state index contributed by atoms with van der Waals surface area (Å²) in [4.78, 5) is 3.81. The van der Waals surface area contributed by atoms with Crippen LogP contribution in [0.2, 0.25) is 0 Å². The first kappa shape index (κ1) is 15.2. The van der Waals surface area contributed by atoms with Crippen LogP contribution >= 0.6 is 11.3 Å². The van der Waals surface area contributed by atoms with E-state index >= 15 is 0 Å². The SMILES string of the molecule is Cc1cccc(C(CN)N(C)CCc2cccs2)c1C. The van der Waals surface area contributed by atoms with Crippen LogP contribution in [-0.2, 0) is 6.42 Å². The van der Waals surface area contributed by atoms with Gasteiger partial charge in [0.05, 0.1) is 0 Å². The van der Waals surface area contributed by atoms with Gasteiger partial charge in [0.2, 0.25) is 0 Å². The lowest BCUT2D eigenvalue weighted by atomic mass is 9.96. The third-order valence-corrected chi connectivity index (χ3v) is 4.99. The molecule has 2 rings (SSSR count). The minimum atomic E-state index is 0.301. The van der Waals surface area contributed by atoms with Crippen molar-refractivity contribution in [2.45, 2.75) is 26.3 Å². The normalized spacial score (nSPS) is 12.8. The van der Waals surface area contributed by atoms with Gasteiger partial charge in [-0.3, -0.25) is 4.90 Å². The Morgan fingerprint density at radius 1 is 1.20 bits per heavy atom. The largest absolute Gasteiger partial charge is 0.329 e. The second-order valence-corrected chi connectivity index (χ2v) is 6.38. The Hall–Kier alpha value is -1.16. The topological polar surface area (TPSA) is 29.3 Å². The van der Waals surface area contributed by atoms with Crippen LogP contribution in [0, 0.1) is 13.8 Å². The van der Waals surface area contributed by atoms with Crippen molar-refractivity contribution in [3.63, 3.8) is 0 Å². The van der Waals surface area contributed by atoms with E-state index in [9.17, 15) is 0 Å². The smallest absolute Gasteiger partial charge is 0.0470 e. The van der Waals surface area contributed by atoms with E-state index in [1.54, 1.807) is 0 Å². The first-order valence-corrected chi connectivity index (χ1v) is 8.00. The molecular formula is C17H24N2S. The van der Waals surface area contributed by atoms with E-state index in [1.807, 2.05) is 11.3 Å². The molecule has 0 bridgehead atoms. The van der Waals surface area contributed by atoms with Gasteiger partial charge in [-0.2, -0.15) is 0 Å². The molecule has 0 aliphatic heterocycles. The van der Waals surface area contributed by atoms with Gasteiger partial charge in [0, 0.05) is 24.0 Å². The highest BCUT2D eigenvalue weighted by Crippen LogP contribution is 2.24. The molecule has 0 saturated carbocycles. The predicted octanol–water partition coefficient (Wildman–Crippen LogP) is 3.54. The van der Waals surface area contributed by atoms with Crippen LogP contribution in [0.15, 0.2) is 35.7 Å². The van der Waals surface area contributed by atoms with Gasteiger partial charge in [-0.25, -0.2) is 0 Å². The third kappa shape index (κ3) is 3.48. The van der Waals surface area contributed by atoms with E-state index in [-0.39, 0.29) is 0 Å². The van der Waals surface area contributed by atoms with Crippen LogP contribution in [0.3, 0.4) is 0 Å². The van der Waals surface area contributed by atoms with E-state index in [4.69, 9.17) is 5.73 Å². The fourth-order valence-corrected chi connectivity index (χ4v) is 3.27. The van der Waals surface area contributed by atoms with Gasteiger partial charge in [0.15, 0.2) is 0 Å². The maximum absolute atomic E-state index is 6.03. The summed E-state index contributed by atoms with van der Waals surface area (Å²) in [5.41, 5.74) is 10.1. The number of rotatable bonds is 6. The lowest BCUT2D eigenvalue weighted by molar-refractivity contribution is 0.253. The number of hydrogen-bond acceptors (Lipinski definition) is 3. The summed E-state index contributed by atoms with van der Waals surface area (Å²) in [6.07, 6.45) is 1.09. The van der Waals surface area contributed by atoms with Gasteiger partial charge in [-0.1, -0.05) is 24.3 Å². The van der Waals surface area contributed by atoms with Crippen molar-refractivity contribution >= 4 is 11.3 Å². The third-order valence-electron chi connectivity index (χ3n) is 4.05. The Balaban J connectivity index is 2.08. The van der Waals surface area contributed by atoms with Crippen molar-refractivity contribution in [2.75, 3.05) is 20.1 Å². The van der Waals surface area contributed by atoms with E-state index < -0.39 is 0 Å². The molecule has 2 N–H and O–H groups in total. The van der Waals surface area contributed by atoms with Crippen molar-refractivity contribution in [2.24, 2.45) is 5.73 Å². The van der Waals surface area contributed by atoms with Crippen LogP contribution in [0.5, 0.6) is 0 Å². The highest BCUT2D eigenvalue weighted by Gasteiger charge is 2.17. The first-order valence-electron chi connectivity index (χ1n) is 7.12. The summed E-state index contributed by atoms with van der Waals surface area (Å²) in [5.74, 6) is 0. The number of thiophene rings is 1. The van der Waals surface area contributed by atoms with Crippen molar-refractivity contribution in [3.8, 4) is 0 Å². The molecule has 20 heavy (non-hydrogen) atoms. The van der Waals surface area contributed by atoms with Crippen LogP contribution < -0.4 is 5.73 Å². The Morgan fingerprint density at radius 3 is 2.65 bits per heavy atom. The molecule has 0 amide bonds. The van der Waals surface area contributed by atoms with E-state index in [0.29, 0.717) is 12.6 Å². The van der Waals surface area contributed by atoms with Gasteiger partial charge in [0.25, 0.3) is 0 Å². The number of benzene rings is 1. The number of likely N-dealkylation sites (N-methyl/N-ethyl adjacent to an activating group) is 1. The molecule has 1 aromatic carbocycles. The molecule has 0 aliphatic carbocycles. The molecule has 1 heterocycles. The molecular weight excluding hydrogens is 264 g/mol. The number of nitrogens with zero attached hydrogens (tertiary/aromatic N) is 1. The summed E-state index contributed by atoms with van der Waals surface area (Å²) >= 11 is 1.83.